The summed E-state index contributed by atoms with van der Waals surface area (Å²) < 4.78 is 36.2. The molecule has 0 saturated heterocycles. The van der Waals surface area contributed by atoms with Crippen LogP contribution in [0.3, 0.4) is 0 Å². The van der Waals surface area contributed by atoms with Crippen molar-refractivity contribution in [3.63, 3.8) is 0 Å². The van der Waals surface area contributed by atoms with Gasteiger partial charge in [-0.25, -0.2) is 0 Å². The minimum absolute atomic E-state index is 0.0533. The molecule has 0 radical (unpaired) electrons. The Hall–Kier alpha value is -0.880. The van der Waals surface area contributed by atoms with Crippen LogP contribution in [0.15, 0.2) is 12.7 Å². The van der Waals surface area contributed by atoms with Gasteiger partial charge in [-0.15, -0.1) is 0 Å². The van der Waals surface area contributed by atoms with Crippen molar-refractivity contribution in [3.05, 3.63) is 12.7 Å². The van der Waals surface area contributed by atoms with Gasteiger partial charge in [-0.2, -0.15) is 8.42 Å². The van der Waals surface area contributed by atoms with Crippen LogP contribution in [0, 0.1) is 0 Å². The number of ether oxygens (including phenoxy) is 1. The molecule has 5 nitrogen and oxygen atoms in total. The first-order valence-corrected chi connectivity index (χ1v) is 9.17. The van der Waals surface area contributed by atoms with E-state index in [-0.39, 0.29) is 13.0 Å². The van der Waals surface area contributed by atoms with Crippen molar-refractivity contribution in [3.8, 4) is 0 Å². The highest BCUT2D eigenvalue weighted by Gasteiger charge is 2.31. The molecule has 0 aromatic rings. The Labute approximate surface area is 128 Å². The maximum absolute atomic E-state index is 11.6. The first-order valence-electron chi connectivity index (χ1n) is 7.67. The highest BCUT2D eigenvalue weighted by atomic mass is 32.2. The van der Waals surface area contributed by atoms with Gasteiger partial charge in [0, 0.05) is 0 Å². The van der Waals surface area contributed by atoms with Crippen molar-refractivity contribution in [1.82, 2.24) is 0 Å². The first kappa shape index (κ1) is 20.1. The zero-order valence-corrected chi connectivity index (χ0v) is 13.7. The topological polar surface area (TPSA) is 80.7 Å². The highest BCUT2D eigenvalue weighted by Crippen LogP contribution is 2.15. The average molecular weight is 320 g/mol. The first-order chi connectivity index (χ1) is 9.93. The van der Waals surface area contributed by atoms with Crippen LogP contribution in [0.1, 0.15) is 64.7 Å². The van der Waals surface area contributed by atoms with Crippen molar-refractivity contribution >= 4 is 16.1 Å². The number of unbranched alkanes of at least 4 members (excludes halogenated alkanes) is 7. The number of hydrogen-bond donors (Lipinski definition) is 1. The van der Waals surface area contributed by atoms with E-state index < -0.39 is 21.3 Å². The fourth-order valence-electron chi connectivity index (χ4n) is 2.09. The summed E-state index contributed by atoms with van der Waals surface area (Å²) in [5.74, 6) is -0.902. The molecule has 0 rings (SSSR count). The Morgan fingerprint density at radius 3 is 2.14 bits per heavy atom. The van der Waals surface area contributed by atoms with Crippen LogP contribution < -0.4 is 0 Å². The molecule has 1 unspecified atom stereocenters. The fraction of sp³-hybridized carbons (Fsp3) is 0.800. The van der Waals surface area contributed by atoms with E-state index in [1.807, 2.05) is 0 Å². The number of rotatable bonds is 13. The van der Waals surface area contributed by atoms with Crippen molar-refractivity contribution in [2.45, 2.75) is 70.0 Å². The van der Waals surface area contributed by atoms with Crippen LogP contribution >= 0.6 is 0 Å². The summed E-state index contributed by atoms with van der Waals surface area (Å²) in [6.45, 7) is 5.50. The summed E-state index contributed by atoms with van der Waals surface area (Å²) in [6, 6.07) is 0. The number of hydrogen-bond acceptors (Lipinski definition) is 4. The summed E-state index contributed by atoms with van der Waals surface area (Å²) in [5, 5.41) is -1.47. The van der Waals surface area contributed by atoms with E-state index in [1.165, 1.54) is 31.8 Å². The Bertz CT molecular complexity index is 389. The largest absolute Gasteiger partial charge is 0.460 e. The third-order valence-electron chi connectivity index (χ3n) is 3.29. The van der Waals surface area contributed by atoms with E-state index >= 15 is 0 Å². The molecule has 6 heteroatoms. The highest BCUT2D eigenvalue weighted by molar-refractivity contribution is 7.87. The second-order valence-corrected chi connectivity index (χ2v) is 6.78. The Balaban J connectivity index is 3.98. The molecule has 0 aliphatic carbocycles. The van der Waals surface area contributed by atoms with Gasteiger partial charge in [0.1, 0.15) is 6.61 Å². The van der Waals surface area contributed by atoms with E-state index in [4.69, 9.17) is 9.29 Å². The average Bonchev–Trinajstić information content (AvgIpc) is 2.41. The third kappa shape index (κ3) is 10.5. The van der Waals surface area contributed by atoms with Gasteiger partial charge in [0.15, 0.2) is 5.25 Å². The lowest BCUT2D eigenvalue weighted by Crippen LogP contribution is -2.31. The van der Waals surface area contributed by atoms with E-state index in [0.717, 1.165) is 19.3 Å². The third-order valence-corrected chi connectivity index (χ3v) is 4.43. The molecule has 1 N–H and O–H groups in total. The molecule has 0 amide bonds. The van der Waals surface area contributed by atoms with Gasteiger partial charge in [0.25, 0.3) is 10.1 Å². The van der Waals surface area contributed by atoms with Crippen molar-refractivity contribution < 1.29 is 22.5 Å². The predicted octanol–water partition coefficient (Wildman–Crippen LogP) is 3.50. The van der Waals surface area contributed by atoms with E-state index in [0.29, 0.717) is 6.42 Å². The molecule has 0 bridgehead atoms. The van der Waals surface area contributed by atoms with Gasteiger partial charge >= 0.3 is 5.97 Å². The number of carbonyl (C=O) groups is 1. The zero-order valence-electron chi connectivity index (χ0n) is 12.9. The quantitative estimate of drug-likeness (QED) is 0.243. The smallest absolute Gasteiger partial charge is 0.327 e. The molecule has 0 aromatic heterocycles. The van der Waals surface area contributed by atoms with E-state index in [2.05, 4.69) is 13.5 Å². The lowest BCUT2D eigenvalue weighted by Gasteiger charge is -2.12. The molecular formula is C15H28O5S. The standard InChI is InChI=1S/C15H28O5S/c1-3-5-6-7-8-9-10-11-12-14(21(17,18)19)15(16)20-13-4-2/h4,14H,2-3,5-13H2,1H3,(H,17,18,19). The van der Waals surface area contributed by atoms with Gasteiger partial charge in [0.05, 0.1) is 0 Å². The lowest BCUT2D eigenvalue weighted by atomic mass is 10.1. The van der Waals surface area contributed by atoms with Crippen molar-refractivity contribution in [2.75, 3.05) is 6.61 Å². The molecule has 1 atom stereocenters. The van der Waals surface area contributed by atoms with Gasteiger partial charge < -0.3 is 4.74 Å². The fourth-order valence-corrected chi connectivity index (χ4v) is 2.86. The Kier molecular flexibility index (Phi) is 11.3. The lowest BCUT2D eigenvalue weighted by molar-refractivity contribution is -0.142. The minimum atomic E-state index is -4.41. The molecule has 0 spiro atoms. The molecule has 21 heavy (non-hydrogen) atoms. The molecule has 124 valence electrons. The van der Waals surface area contributed by atoms with Gasteiger partial charge in [-0.05, 0) is 6.42 Å². The maximum atomic E-state index is 11.6. The molecular weight excluding hydrogens is 292 g/mol. The summed E-state index contributed by atoms with van der Waals surface area (Å²) >= 11 is 0. The van der Waals surface area contributed by atoms with Crippen LogP contribution in [-0.4, -0.2) is 30.8 Å². The van der Waals surface area contributed by atoms with Crippen LogP contribution in [-0.2, 0) is 19.6 Å². The summed E-state index contributed by atoms with van der Waals surface area (Å²) in [7, 11) is -4.41. The van der Waals surface area contributed by atoms with Crippen molar-refractivity contribution in [2.24, 2.45) is 0 Å². The Morgan fingerprint density at radius 2 is 1.67 bits per heavy atom. The SMILES string of the molecule is C=CCOC(=O)C(CCCCCCCCCC)S(=O)(=O)O. The van der Waals surface area contributed by atoms with E-state index in [1.54, 1.807) is 0 Å². The monoisotopic (exact) mass is 320 g/mol. The number of esters is 1. The summed E-state index contributed by atoms with van der Waals surface area (Å²) in [4.78, 5) is 11.6. The van der Waals surface area contributed by atoms with Gasteiger partial charge in [0.2, 0.25) is 0 Å². The van der Waals surface area contributed by atoms with Crippen LogP contribution in [0.25, 0.3) is 0 Å². The molecule has 0 aromatic carbocycles. The summed E-state index contributed by atoms with van der Waals surface area (Å²) in [5.41, 5.74) is 0. The van der Waals surface area contributed by atoms with Crippen LogP contribution in [0.2, 0.25) is 0 Å². The van der Waals surface area contributed by atoms with Gasteiger partial charge in [-0.3, -0.25) is 9.35 Å². The molecule has 0 heterocycles. The van der Waals surface area contributed by atoms with Crippen LogP contribution in [0.5, 0.6) is 0 Å². The Morgan fingerprint density at radius 1 is 1.14 bits per heavy atom. The minimum Gasteiger partial charge on any atom is -0.460 e. The molecule has 0 aliphatic heterocycles. The zero-order chi connectivity index (χ0) is 16.1. The molecule has 0 aliphatic rings. The van der Waals surface area contributed by atoms with Crippen molar-refractivity contribution in [1.29, 1.82) is 0 Å². The molecule has 0 fully saturated rings. The maximum Gasteiger partial charge on any atom is 0.327 e. The van der Waals surface area contributed by atoms with Crippen LogP contribution in [0.4, 0.5) is 0 Å². The summed E-state index contributed by atoms with van der Waals surface area (Å²) in [6.07, 6.45) is 9.92. The second kappa shape index (κ2) is 11.7. The van der Waals surface area contributed by atoms with E-state index in [9.17, 15) is 13.2 Å². The van der Waals surface area contributed by atoms with Gasteiger partial charge in [-0.1, -0.05) is 70.9 Å². The normalized spacial score (nSPS) is 12.9. The molecule has 0 saturated carbocycles. The number of carbonyl (C=O) groups excluding carboxylic acids is 1. The second-order valence-electron chi connectivity index (χ2n) is 5.19. The predicted molar refractivity (Wildman–Crippen MR) is 83.7 cm³/mol.